The van der Waals surface area contributed by atoms with Crippen LogP contribution in [0.15, 0.2) is 66.7 Å². The Balaban J connectivity index is 0.000000270. The molecule has 0 saturated carbocycles. The van der Waals surface area contributed by atoms with Crippen molar-refractivity contribution >= 4 is 45.7 Å². The summed E-state index contributed by atoms with van der Waals surface area (Å²) in [6.07, 6.45) is -4.40. The lowest BCUT2D eigenvalue weighted by molar-refractivity contribution is -0.136. The van der Waals surface area contributed by atoms with Crippen molar-refractivity contribution in [2.24, 2.45) is 0 Å². The van der Waals surface area contributed by atoms with E-state index in [1.807, 2.05) is 77.1 Å². The van der Waals surface area contributed by atoms with Gasteiger partial charge in [0.1, 0.15) is 0 Å². The summed E-state index contributed by atoms with van der Waals surface area (Å²) in [4.78, 5) is 0. The molecule has 4 aromatic rings. The Hall–Kier alpha value is -4.24. The van der Waals surface area contributed by atoms with Gasteiger partial charge in [0, 0.05) is 39.1 Å². The Kier molecular flexibility index (Phi) is 12.5. The fourth-order valence-electron chi connectivity index (χ4n) is 3.27. The number of hydrogen-bond donors (Lipinski definition) is 6. The van der Waals surface area contributed by atoms with Gasteiger partial charge < -0.3 is 34.4 Å². The summed E-state index contributed by atoms with van der Waals surface area (Å²) in [5.41, 5.74) is 40.4. The van der Waals surface area contributed by atoms with Crippen molar-refractivity contribution in [2.75, 3.05) is 34.4 Å². The molecule has 0 aliphatic heterocycles. The topological polar surface area (TPSA) is 156 Å². The molecule has 0 aliphatic rings. The van der Waals surface area contributed by atoms with Gasteiger partial charge >= 0.3 is 6.18 Å². The van der Waals surface area contributed by atoms with Crippen LogP contribution in [0, 0.1) is 34.6 Å². The first kappa shape index (κ1) is 33.8. The van der Waals surface area contributed by atoms with E-state index in [2.05, 4.69) is 0 Å². The largest absolute Gasteiger partial charge is 0.418 e. The van der Waals surface area contributed by atoms with E-state index in [0.29, 0.717) is 0 Å². The van der Waals surface area contributed by atoms with Gasteiger partial charge in [-0.15, -0.1) is 0 Å². The third-order valence-corrected chi connectivity index (χ3v) is 6.28. The highest BCUT2D eigenvalue weighted by molar-refractivity contribution is 6.31. The minimum absolute atomic E-state index is 0.223. The van der Waals surface area contributed by atoms with Crippen LogP contribution in [0.1, 0.15) is 33.4 Å². The van der Waals surface area contributed by atoms with E-state index < -0.39 is 11.7 Å². The van der Waals surface area contributed by atoms with Gasteiger partial charge in [0.2, 0.25) is 0 Å². The van der Waals surface area contributed by atoms with E-state index in [1.165, 1.54) is 6.07 Å². The molecule has 10 heteroatoms. The number of aryl methyl sites for hydroxylation is 4. The minimum Gasteiger partial charge on any atom is -0.399 e. The number of nitrogen functional groups attached to an aromatic ring is 6. The maximum atomic E-state index is 12.1. The SMILES string of the molecule is Cc1cc(C)c(N)c(C)c1N.Cc1ccc(N)cc1N.Cc1ccccc1Cl.Nc1ccc(C(F)(F)F)c(N)c1. The molecule has 0 bridgehead atoms. The van der Waals surface area contributed by atoms with Crippen molar-refractivity contribution in [3.8, 4) is 0 Å². The van der Waals surface area contributed by atoms with Crippen LogP contribution in [0.5, 0.6) is 0 Å². The number of hydrogen-bond acceptors (Lipinski definition) is 6. The number of benzene rings is 4. The molecule has 4 rings (SSSR count). The highest BCUT2D eigenvalue weighted by Gasteiger charge is 2.32. The van der Waals surface area contributed by atoms with Crippen LogP contribution in [0.4, 0.5) is 47.3 Å². The Morgan fingerprint density at radius 1 is 0.550 bits per heavy atom. The molecule has 0 heterocycles. The fraction of sp³-hybridized carbons (Fsp3) is 0.200. The molecule has 0 fully saturated rings. The van der Waals surface area contributed by atoms with Gasteiger partial charge in [-0.3, -0.25) is 0 Å². The summed E-state index contributed by atoms with van der Waals surface area (Å²) in [5.74, 6) is 0. The first-order valence-corrected chi connectivity index (χ1v) is 12.5. The molecule has 0 spiro atoms. The summed E-state index contributed by atoms with van der Waals surface area (Å²) in [5, 5.41) is 0.840. The minimum atomic E-state index is -4.40. The molecule has 0 aliphatic carbocycles. The van der Waals surface area contributed by atoms with Gasteiger partial charge in [-0.1, -0.05) is 41.9 Å². The highest BCUT2D eigenvalue weighted by Crippen LogP contribution is 2.34. The van der Waals surface area contributed by atoms with Crippen molar-refractivity contribution in [3.63, 3.8) is 0 Å². The predicted molar refractivity (Wildman–Crippen MR) is 166 cm³/mol. The predicted octanol–water partition coefficient (Wildman–Crippen LogP) is 7.45. The standard InChI is InChI=1S/C9H14N2.C7H7Cl.C7H7F3N2.C7H10N2/c1-5-4-6(2)9(11)7(3)8(5)10;1-6-4-2-3-5-7(6)8;8-7(9,10)5-2-1-4(11)3-6(5)12;1-5-2-3-6(8)4-7(5)9/h4H,10-11H2,1-3H3;2-5H,1H3;1-3H,11-12H2;2-4H,8-9H2,1H3. The van der Waals surface area contributed by atoms with Crippen molar-refractivity contribution in [1.82, 2.24) is 0 Å². The van der Waals surface area contributed by atoms with Crippen LogP contribution in [0.2, 0.25) is 5.02 Å². The molecule has 0 unspecified atom stereocenters. The zero-order valence-electron chi connectivity index (χ0n) is 23.3. The maximum absolute atomic E-state index is 12.1. The summed E-state index contributed by atoms with van der Waals surface area (Å²) >= 11 is 5.71. The lowest BCUT2D eigenvalue weighted by Gasteiger charge is -2.09. The van der Waals surface area contributed by atoms with Crippen LogP contribution in [0.25, 0.3) is 0 Å². The summed E-state index contributed by atoms with van der Waals surface area (Å²) in [6.45, 7) is 9.88. The Morgan fingerprint density at radius 3 is 1.40 bits per heavy atom. The lowest BCUT2D eigenvalue weighted by Crippen LogP contribution is -2.08. The zero-order chi connectivity index (χ0) is 30.8. The van der Waals surface area contributed by atoms with Gasteiger partial charge in [0.25, 0.3) is 0 Å². The van der Waals surface area contributed by atoms with E-state index in [4.69, 9.17) is 46.0 Å². The summed E-state index contributed by atoms with van der Waals surface area (Å²) in [6, 6.07) is 18.4. The molecule has 0 aromatic heterocycles. The van der Waals surface area contributed by atoms with Gasteiger partial charge in [-0.25, -0.2) is 0 Å². The maximum Gasteiger partial charge on any atom is 0.418 e. The molecule has 0 saturated heterocycles. The normalized spacial score (nSPS) is 10.2. The van der Waals surface area contributed by atoms with Crippen LogP contribution in [-0.4, -0.2) is 0 Å². The van der Waals surface area contributed by atoms with Gasteiger partial charge in [0.15, 0.2) is 0 Å². The van der Waals surface area contributed by atoms with E-state index >= 15 is 0 Å². The summed E-state index contributed by atoms with van der Waals surface area (Å²) < 4.78 is 36.2. The van der Waals surface area contributed by atoms with Crippen LogP contribution >= 0.6 is 11.6 Å². The second-order valence-electron chi connectivity index (χ2n) is 9.17. The van der Waals surface area contributed by atoms with E-state index in [0.717, 1.165) is 67.7 Å². The van der Waals surface area contributed by atoms with Crippen LogP contribution in [0.3, 0.4) is 0 Å². The third kappa shape index (κ3) is 10.5. The molecule has 40 heavy (non-hydrogen) atoms. The van der Waals surface area contributed by atoms with Crippen molar-refractivity contribution < 1.29 is 13.2 Å². The van der Waals surface area contributed by atoms with Gasteiger partial charge in [0.05, 0.1) is 5.56 Å². The Bertz CT molecular complexity index is 1370. The van der Waals surface area contributed by atoms with Crippen molar-refractivity contribution in [1.29, 1.82) is 0 Å². The third-order valence-electron chi connectivity index (χ3n) is 5.85. The molecule has 6 nitrogen and oxygen atoms in total. The summed E-state index contributed by atoms with van der Waals surface area (Å²) in [7, 11) is 0. The molecule has 0 amide bonds. The quantitative estimate of drug-likeness (QED) is 0.120. The number of anilines is 6. The number of halogens is 4. The molecular formula is C30H38ClF3N6. The Morgan fingerprint density at radius 2 is 1.02 bits per heavy atom. The fourth-order valence-corrected chi connectivity index (χ4v) is 3.40. The number of alkyl halides is 3. The van der Waals surface area contributed by atoms with Crippen molar-refractivity contribution in [2.45, 2.75) is 40.8 Å². The Labute approximate surface area is 239 Å². The average molecular weight is 575 g/mol. The monoisotopic (exact) mass is 574 g/mol. The van der Waals surface area contributed by atoms with E-state index in [9.17, 15) is 13.2 Å². The first-order valence-electron chi connectivity index (χ1n) is 12.1. The van der Waals surface area contributed by atoms with Gasteiger partial charge in [-0.05, 0) is 98.8 Å². The number of rotatable bonds is 0. The first-order chi connectivity index (χ1) is 18.4. The molecule has 0 atom stereocenters. The van der Waals surface area contributed by atoms with E-state index in [-0.39, 0.29) is 11.4 Å². The van der Waals surface area contributed by atoms with Gasteiger partial charge in [-0.2, -0.15) is 13.2 Å². The molecule has 12 N–H and O–H groups in total. The second-order valence-corrected chi connectivity index (χ2v) is 9.58. The molecular weight excluding hydrogens is 537 g/mol. The highest BCUT2D eigenvalue weighted by atomic mass is 35.5. The van der Waals surface area contributed by atoms with Crippen LogP contribution in [-0.2, 0) is 6.18 Å². The molecule has 216 valence electrons. The molecule has 0 radical (unpaired) electrons. The zero-order valence-corrected chi connectivity index (χ0v) is 24.1. The molecule has 4 aromatic carbocycles. The number of nitrogens with two attached hydrogens (primary N) is 6. The lowest BCUT2D eigenvalue weighted by atomic mass is 10.0. The van der Waals surface area contributed by atoms with E-state index in [1.54, 1.807) is 6.07 Å². The average Bonchev–Trinajstić information content (AvgIpc) is 2.86. The van der Waals surface area contributed by atoms with Crippen LogP contribution < -0.4 is 34.4 Å². The van der Waals surface area contributed by atoms with Crippen molar-refractivity contribution in [3.05, 3.63) is 105 Å². The second kappa shape index (κ2) is 14.8. The smallest absolute Gasteiger partial charge is 0.399 e.